The van der Waals surface area contributed by atoms with Crippen molar-refractivity contribution >= 4 is 11.6 Å². The zero-order valence-corrected chi connectivity index (χ0v) is 21.9. The van der Waals surface area contributed by atoms with Crippen LogP contribution in [-0.2, 0) is 4.79 Å². The van der Waals surface area contributed by atoms with Gasteiger partial charge in [-0.2, -0.15) is 13.2 Å². The van der Waals surface area contributed by atoms with E-state index in [1.54, 1.807) is 37.4 Å². The minimum atomic E-state index is -4.53. The predicted octanol–water partition coefficient (Wildman–Crippen LogP) is 7.42. The number of halogens is 3. The first-order chi connectivity index (χ1) is 17.1. The van der Waals surface area contributed by atoms with Gasteiger partial charge in [-0.3, -0.25) is 14.7 Å². The van der Waals surface area contributed by atoms with E-state index in [4.69, 9.17) is 0 Å². The summed E-state index contributed by atoms with van der Waals surface area (Å²) in [5.74, 6) is -0.650. The third kappa shape index (κ3) is 9.17. The molecule has 0 aromatic carbocycles. The first-order valence-electron chi connectivity index (χ1n) is 12.4. The summed E-state index contributed by atoms with van der Waals surface area (Å²) in [6.45, 7) is 8.88. The second kappa shape index (κ2) is 13.9. The number of carbonyl (C=O) groups is 1. The number of carbonyl (C=O) groups excluding carboxylic acids is 1. The summed E-state index contributed by atoms with van der Waals surface area (Å²) in [5, 5.41) is 0. The molecule has 0 unspecified atom stereocenters. The molecule has 0 bridgehead atoms. The number of alkyl halides is 3. The molecule has 196 valence electrons. The number of amides is 1. The van der Waals surface area contributed by atoms with Gasteiger partial charge in [0.05, 0.1) is 0 Å². The zero-order chi connectivity index (χ0) is 26.7. The highest BCUT2D eigenvalue weighted by Gasteiger charge is 2.34. The molecular formula is C29H38F3N3O. The molecule has 0 fully saturated rings. The predicted molar refractivity (Wildman–Crippen MR) is 142 cm³/mol. The Morgan fingerprint density at radius 1 is 1.22 bits per heavy atom. The third-order valence-electron chi connectivity index (χ3n) is 6.11. The highest BCUT2D eigenvalue weighted by molar-refractivity contribution is 5.94. The topological polar surface area (TPSA) is 35.9 Å². The van der Waals surface area contributed by atoms with Crippen LogP contribution in [0.1, 0.15) is 59.3 Å². The second-order valence-corrected chi connectivity index (χ2v) is 9.14. The van der Waals surface area contributed by atoms with Crippen LogP contribution in [0, 0.1) is 0 Å². The Bertz CT molecular complexity index is 1020. The van der Waals surface area contributed by atoms with E-state index in [-0.39, 0.29) is 11.3 Å². The van der Waals surface area contributed by atoms with Crippen molar-refractivity contribution in [3.63, 3.8) is 0 Å². The Morgan fingerprint density at radius 3 is 2.58 bits per heavy atom. The number of rotatable bonds is 11. The summed E-state index contributed by atoms with van der Waals surface area (Å²) in [4.78, 5) is 20.5. The molecule has 2 heterocycles. The summed E-state index contributed by atoms with van der Waals surface area (Å²) in [5.41, 5.74) is 4.71. The van der Waals surface area contributed by atoms with Crippen LogP contribution in [0.4, 0.5) is 13.2 Å². The van der Waals surface area contributed by atoms with Gasteiger partial charge in [-0.1, -0.05) is 50.3 Å². The first-order valence-corrected chi connectivity index (χ1v) is 12.4. The van der Waals surface area contributed by atoms with Gasteiger partial charge in [-0.25, -0.2) is 0 Å². The molecule has 2 rings (SSSR count). The number of hydrogen-bond donors (Lipinski definition) is 0. The van der Waals surface area contributed by atoms with E-state index in [1.807, 2.05) is 39.1 Å². The maximum atomic E-state index is 13.5. The normalized spacial score (nSPS) is 17.8. The Hall–Kier alpha value is -3.09. The van der Waals surface area contributed by atoms with Gasteiger partial charge in [-0.05, 0) is 69.2 Å². The zero-order valence-electron chi connectivity index (χ0n) is 21.9. The smallest absolute Gasteiger partial charge is 0.374 e. The Kier molecular flexibility index (Phi) is 11.2. The maximum absolute atomic E-state index is 13.5. The van der Waals surface area contributed by atoms with Crippen molar-refractivity contribution in [2.24, 2.45) is 4.99 Å². The summed E-state index contributed by atoms with van der Waals surface area (Å²) in [7, 11) is 2.00. The molecule has 0 aromatic rings. The number of nitrogens with zero attached hydrogens (tertiary/aromatic N) is 3. The SMILES string of the molecule is C=CC1=C(/C=C\C/C=C(\C)C(=O)N(CC(F)(F)F)C(/C=C/C2=CN=C(C)CC2)=C/CCC)N(C)CC1. The molecule has 0 aliphatic carbocycles. The van der Waals surface area contributed by atoms with Crippen molar-refractivity contribution in [3.8, 4) is 0 Å². The average Bonchev–Trinajstić information content (AvgIpc) is 3.19. The van der Waals surface area contributed by atoms with Crippen molar-refractivity contribution in [2.45, 2.75) is 65.5 Å². The molecule has 2 aliphatic heterocycles. The van der Waals surface area contributed by atoms with Crippen molar-refractivity contribution in [2.75, 3.05) is 20.1 Å². The van der Waals surface area contributed by atoms with Crippen LogP contribution in [-0.4, -0.2) is 47.7 Å². The molecule has 0 aromatic heterocycles. The van der Waals surface area contributed by atoms with E-state index < -0.39 is 18.6 Å². The molecule has 0 N–H and O–H groups in total. The summed E-state index contributed by atoms with van der Waals surface area (Å²) < 4.78 is 40.5. The Morgan fingerprint density at radius 2 is 1.97 bits per heavy atom. The quantitative estimate of drug-likeness (QED) is 0.218. The van der Waals surface area contributed by atoms with Crippen LogP contribution < -0.4 is 0 Å². The van der Waals surface area contributed by atoms with E-state index in [9.17, 15) is 18.0 Å². The van der Waals surface area contributed by atoms with Crippen molar-refractivity contribution in [1.29, 1.82) is 0 Å². The van der Waals surface area contributed by atoms with Crippen LogP contribution in [0.2, 0.25) is 0 Å². The molecule has 1 amide bonds. The van der Waals surface area contributed by atoms with Crippen molar-refractivity contribution in [3.05, 3.63) is 83.4 Å². The fourth-order valence-electron chi connectivity index (χ4n) is 3.93. The highest BCUT2D eigenvalue weighted by atomic mass is 19.4. The van der Waals surface area contributed by atoms with Gasteiger partial charge in [0.25, 0.3) is 5.91 Å². The standard InChI is InChI=1S/C29H38F3N3O/c1-6-8-12-26(17-16-24-15-14-23(4)33-20-24)35(21-29(30,31)32)28(36)22(3)11-9-10-13-27-25(7-2)18-19-34(27)5/h7,10-13,16-17,20H,2,6,8-9,14-15,18-19,21H2,1,3-5H3/b13-10-,17-16+,22-11+,26-12+. The molecule has 4 nitrogen and oxygen atoms in total. The second-order valence-electron chi connectivity index (χ2n) is 9.14. The lowest BCUT2D eigenvalue weighted by Gasteiger charge is -2.26. The molecule has 0 spiro atoms. The van der Waals surface area contributed by atoms with Gasteiger partial charge in [0.2, 0.25) is 0 Å². The Labute approximate surface area is 213 Å². The van der Waals surface area contributed by atoms with Crippen LogP contribution >= 0.6 is 0 Å². The van der Waals surface area contributed by atoms with E-state index in [1.165, 1.54) is 0 Å². The summed E-state index contributed by atoms with van der Waals surface area (Å²) in [6, 6.07) is 0. The molecular weight excluding hydrogens is 463 g/mol. The van der Waals surface area contributed by atoms with Crippen LogP contribution in [0.25, 0.3) is 0 Å². The third-order valence-corrected chi connectivity index (χ3v) is 6.11. The van der Waals surface area contributed by atoms with E-state index in [0.717, 1.165) is 59.7 Å². The molecule has 2 aliphatic rings. The van der Waals surface area contributed by atoms with E-state index in [2.05, 4.69) is 16.5 Å². The van der Waals surface area contributed by atoms with Gasteiger partial charge >= 0.3 is 6.18 Å². The number of unbranched alkanes of at least 4 members (excludes halogenated alkanes) is 1. The lowest BCUT2D eigenvalue weighted by atomic mass is 10.1. The minimum absolute atomic E-state index is 0.253. The van der Waals surface area contributed by atoms with Crippen LogP contribution in [0.5, 0.6) is 0 Å². The molecule has 0 atom stereocenters. The molecule has 0 saturated heterocycles. The number of aliphatic imine (C=N–C) groups is 1. The van der Waals surface area contributed by atoms with Gasteiger partial charge in [0, 0.05) is 42.5 Å². The fourth-order valence-corrected chi connectivity index (χ4v) is 3.93. The number of allylic oxidation sites excluding steroid dienone is 8. The molecule has 7 heteroatoms. The van der Waals surface area contributed by atoms with Gasteiger partial charge in [0.15, 0.2) is 0 Å². The largest absolute Gasteiger partial charge is 0.406 e. The van der Waals surface area contributed by atoms with Crippen molar-refractivity contribution < 1.29 is 18.0 Å². The molecule has 36 heavy (non-hydrogen) atoms. The minimum Gasteiger partial charge on any atom is -0.374 e. The number of hydrogen-bond acceptors (Lipinski definition) is 3. The van der Waals surface area contributed by atoms with Gasteiger partial charge in [-0.15, -0.1) is 0 Å². The van der Waals surface area contributed by atoms with Gasteiger partial charge in [0.1, 0.15) is 6.54 Å². The Balaban J connectivity index is 2.26. The monoisotopic (exact) mass is 501 g/mol. The van der Waals surface area contributed by atoms with Crippen LogP contribution in [0.15, 0.2) is 88.4 Å². The first kappa shape index (κ1) is 29.1. The van der Waals surface area contributed by atoms with E-state index in [0.29, 0.717) is 12.8 Å². The molecule has 0 radical (unpaired) electrons. The number of likely N-dealkylation sites (N-methyl/N-ethyl adjacent to an activating group) is 1. The molecule has 0 saturated carbocycles. The van der Waals surface area contributed by atoms with Gasteiger partial charge < -0.3 is 4.90 Å². The lowest BCUT2D eigenvalue weighted by molar-refractivity contribution is -0.154. The fraction of sp³-hybridized carbons (Fsp3) is 0.448. The lowest BCUT2D eigenvalue weighted by Crippen LogP contribution is -2.38. The van der Waals surface area contributed by atoms with Crippen LogP contribution in [0.3, 0.4) is 0 Å². The summed E-state index contributed by atoms with van der Waals surface area (Å²) >= 11 is 0. The highest BCUT2D eigenvalue weighted by Crippen LogP contribution is 2.25. The maximum Gasteiger partial charge on any atom is 0.406 e. The van der Waals surface area contributed by atoms with Crippen molar-refractivity contribution in [1.82, 2.24) is 9.80 Å². The average molecular weight is 502 g/mol. The van der Waals surface area contributed by atoms with E-state index >= 15 is 0 Å². The summed E-state index contributed by atoms with van der Waals surface area (Å²) in [6.07, 6.45) is 14.0.